The molecule has 0 saturated heterocycles. The van der Waals surface area contributed by atoms with Gasteiger partial charge in [0.05, 0.1) is 22.1 Å². The molecule has 0 aromatic carbocycles. The van der Waals surface area contributed by atoms with Gasteiger partial charge in [-0.2, -0.15) is 5.10 Å². The average molecular weight is 201 g/mol. The van der Waals surface area contributed by atoms with Crippen molar-refractivity contribution in [3.05, 3.63) is 42.3 Å². The van der Waals surface area contributed by atoms with Crippen molar-refractivity contribution in [1.82, 2.24) is 14.6 Å². The van der Waals surface area contributed by atoms with Crippen molar-refractivity contribution in [2.24, 2.45) is 0 Å². The molecule has 0 spiro atoms. The van der Waals surface area contributed by atoms with Crippen LogP contribution in [0.4, 0.5) is 0 Å². The maximum Gasteiger partial charge on any atom is 0.0798 e. The molecule has 0 unspecified atom stereocenters. The van der Waals surface area contributed by atoms with Crippen LogP contribution >= 0.6 is 11.3 Å². The first kappa shape index (κ1) is 7.70. The third-order valence-electron chi connectivity index (χ3n) is 2.12. The van der Waals surface area contributed by atoms with Crippen molar-refractivity contribution < 1.29 is 0 Å². The summed E-state index contributed by atoms with van der Waals surface area (Å²) in [7, 11) is 0. The van der Waals surface area contributed by atoms with Crippen LogP contribution in [0.15, 0.2) is 42.3 Å². The Kier molecular flexibility index (Phi) is 1.61. The van der Waals surface area contributed by atoms with E-state index in [1.807, 2.05) is 40.7 Å². The lowest BCUT2D eigenvalue weighted by Crippen LogP contribution is -1.82. The molecule has 0 radical (unpaired) electrons. The van der Waals surface area contributed by atoms with Crippen LogP contribution in [0.1, 0.15) is 0 Å². The standard InChI is InChI=1S/C10H7N3S/c1-2-4-13-9(3-1)8(5-12-13)10-6-11-7-14-10/h1-7H. The summed E-state index contributed by atoms with van der Waals surface area (Å²) >= 11 is 1.63. The Morgan fingerprint density at radius 1 is 1.21 bits per heavy atom. The molecule has 0 bridgehead atoms. The second-order valence-electron chi connectivity index (χ2n) is 2.95. The fourth-order valence-electron chi connectivity index (χ4n) is 1.47. The molecule has 0 aliphatic heterocycles. The highest BCUT2D eigenvalue weighted by molar-refractivity contribution is 7.13. The van der Waals surface area contributed by atoms with E-state index in [9.17, 15) is 0 Å². The molecule has 3 nitrogen and oxygen atoms in total. The van der Waals surface area contributed by atoms with Crippen molar-refractivity contribution in [2.75, 3.05) is 0 Å². The Hall–Kier alpha value is -1.68. The molecule has 3 aromatic heterocycles. The van der Waals surface area contributed by atoms with Crippen LogP contribution in [0.2, 0.25) is 0 Å². The molecule has 0 atom stereocenters. The molecule has 14 heavy (non-hydrogen) atoms. The third-order valence-corrected chi connectivity index (χ3v) is 2.93. The minimum Gasteiger partial charge on any atom is -0.252 e. The molecule has 3 heterocycles. The molecular weight excluding hydrogens is 194 g/mol. The Balaban J connectivity index is 2.33. The lowest BCUT2D eigenvalue weighted by molar-refractivity contribution is 0.961. The second-order valence-corrected chi connectivity index (χ2v) is 3.84. The van der Waals surface area contributed by atoms with Gasteiger partial charge >= 0.3 is 0 Å². The SMILES string of the molecule is c1ccn2ncc(-c3cncs3)c2c1. The van der Waals surface area contributed by atoms with Gasteiger partial charge in [0.15, 0.2) is 0 Å². The number of thiazole rings is 1. The molecular formula is C10H7N3S. The molecule has 0 saturated carbocycles. The van der Waals surface area contributed by atoms with Gasteiger partial charge in [-0.3, -0.25) is 4.98 Å². The van der Waals surface area contributed by atoms with Gasteiger partial charge in [-0.05, 0) is 12.1 Å². The zero-order valence-electron chi connectivity index (χ0n) is 7.29. The number of nitrogens with zero attached hydrogens (tertiary/aromatic N) is 3. The molecule has 3 rings (SSSR count). The van der Waals surface area contributed by atoms with Crippen molar-refractivity contribution in [3.8, 4) is 10.4 Å². The van der Waals surface area contributed by atoms with Crippen molar-refractivity contribution in [1.29, 1.82) is 0 Å². The first-order chi connectivity index (χ1) is 6.95. The van der Waals surface area contributed by atoms with E-state index in [0.717, 1.165) is 16.0 Å². The fourth-order valence-corrected chi connectivity index (χ4v) is 2.11. The number of pyridine rings is 1. The maximum absolute atomic E-state index is 4.27. The van der Waals surface area contributed by atoms with Crippen LogP contribution < -0.4 is 0 Å². The van der Waals surface area contributed by atoms with E-state index in [0.29, 0.717) is 0 Å². The van der Waals surface area contributed by atoms with Crippen LogP contribution in [0.5, 0.6) is 0 Å². The molecule has 3 aromatic rings. The van der Waals surface area contributed by atoms with Gasteiger partial charge in [0.1, 0.15) is 0 Å². The van der Waals surface area contributed by atoms with Crippen LogP contribution in [-0.2, 0) is 0 Å². The van der Waals surface area contributed by atoms with E-state index < -0.39 is 0 Å². The summed E-state index contributed by atoms with van der Waals surface area (Å²) in [5.41, 5.74) is 4.10. The Morgan fingerprint density at radius 2 is 2.21 bits per heavy atom. The first-order valence-corrected chi connectivity index (χ1v) is 5.14. The topological polar surface area (TPSA) is 30.2 Å². The lowest BCUT2D eigenvalue weighted by Gasteiger charge is -1.93. The Morgan fingerprint density at radius 3 is 3.07 bits per heavy atom. The summed E-state index contributed by atoms with van der Waals surface area (Å²) in [5, 5.41) is 4.27. The molecule has 68 valence electrons. The quantitative estimate of drug-likeness (QED) is 0.605. The molecule has 0 fully saturated rings. The van der Waals surface area contributed by atoms with Crippen molar-refractivity contribution in [3.63, 3.8) is 0 Å². The average Bonchev–Trinajstić information content (AvgIpc) is 2.85. The lowest BCUT2D eigenvalue weighted by atomic mass is 10.2. The van der Waals surface area contributed by atoms with E-state index in [4.69, 9.17) is 0 Å². The van der Waals surface area contributed by atoms with Gasteiger partial charge in [-0.1, -0.05) is 6.07 Å². The molecule has 0 aliphatic rings. The summed E-state index contributed by atoms with van der Waals surface area (Å²) < 4.78 is 1.87. The Bertz CT molecular complexity index is 554. The van der Waals surface area contributed by atoms with Crippen molar-refractivity contribution >= 4 is 16.9 Å². The zero-order valence-corrected chi connectivity index (χ0v) is 8.11. The summed E-state index contributed by atoms with van der Waals surface area (Å²) in [6, 6.07) is 6.04. The minimum absolute atomic E-state index is 1.12. The van der Waals surface area contributed by atoms with E-state index in [1.54, 1.807) is 11.3 Å². The number of hydrogen-bond acceptors (Lipinski definition) is 3. The number of rotatable bonds is 1. The normalized spacial score (nSPS) is 10.9. The van der Waals surface area contributed by atoms with E-state index in [-0.39, 0.29) is 0 Å². The van der Waals surface area contributed by atoms with Gasteiger partial charge in [-0.25, -0.2) is 4.52 Å². The molecule has 0 aliphatic carbocycles. The predicted octanol–water partition coefficient (Wildman–Crippen LogP) is 2.46. The van der Waals surface area contributed by atoms with E-state index >= 15 is 0 Å². The van der Waals surface area contributed by atoms with E-state index in [1.165, 1.54) is 0 Å². The van der Waals surface area contributed by atoms with Crippen molar-refractivity contribution in [2.45, 2.75) is 0 Å². The Labute approximate surface area is 84.7 Å². The molecule has 0 amide bonds. The van der Waals surface area contributed by atoms with Crippen LogP contribution in [-0.4, -0.2) is 14.6 Å². The van der Waals surface area contributed by atoms with Crippen LogP contribution in [0.25, 0.3) is 16.0 Å². The highest BCUT2D eigenvalue weighted by Gasteiger charge is 2.06. The van der Waals surface area contributed by atoms with Crippen LogP contribution in [0.3, 0.4) is 0 Å². The second kappa shape index (κ2) is 2.92. The summed E-state index contributed by atoms with van der Waals surface area (Å²) in [6.07, 6.45) is 5.69. The molecule has 4 heteroatoms. The highest BCUT2D eigenvalue weighted by Crippen LogP contribution is 2.26. The van der Waals surface area contributed by atoms with Crippen LogP contribution in [0, 0.1) is 0 Å². The largest absolute Gasteiger partial charge is 0.252 e. The van der Waals surface area contributed by atoms with Gasteiger partial charge < -0.3 is 0 Å². The van der Waals surface area contributed by atoms with E-state index in [2.05, 4.69) is 16.1 Å². The minimum atomic E-state index is 1.12. The first-order valence-electron chi connectivity index (χ1n) is 4.26. The highest BCUT2D eigenvalue weighted by atomic mass is 32.1. The number of fused-ring (bicyclic) bond motifs is 1. The number of hydrogen-bond donors (Lipinski definition) is 0. The smallest absolute Gasteiger partial charge is 0.0798 e. The monoisotopic (exact) mass is 201 g/mol. The predicted molar refractivity (Wildman–Crippen MR) is 56.3 cm³/mol. The molecule has 0 N–H and O–H groups in total. The fraction of sp³-hybridized carbons (Fsp3) is 0. The zero-order chi connectivity index (χ0) is 9.38. The summed E-state index contributed by atoms with van der Waals surface area (Å²) in [6.45, 7) is 0. The van der Waals surface area contributed by atoms with Gasteiger partial charge in [0.25, 0.3) is 0 Å². The maximum atomic E-state index is 4.27. The van der Waals surface area contributed by atoms with Gasteiger partial charge in [0, 0.05) is 18.0 Å². The summed E-state index contributed by atoms with van der Waals surface area (Å²) in [5.74, 6) is 0. The van der Waals surface area contributed by atoms with Gasteiger partial charge in [0.2, 0.25) is 0 Å². The summed E-state index contributed by atoms with van der Waals surface area (Å²) in [4.78, 5) is 5.22. The third kappa shape index (κ3) is 1.04. The van der Waals surface area contributed by atoms with Gasteiger partial charge in [-0.15, -0.1) is 11.3 Å². The number of aromatic nitrogens is 3.